The molecule has 2 fully saturated rings. The van der Waals surface area contributed by atoms with Gasteiger partial charge in [0.15, 0.2) is 9.84 Å². The number of likely N-dealkylation sites (tertiary alicyclic amines) is 1. The van der Waals surface area contributed by atoms with Crippen LogP contribution in [0.2, 0.25) is 5.02 Å². The molecule has 108 valence electrons. The second kappa shape index (κ2) is 5.04. The van der Waals surface area contributed by atoms with Crippen molar-refractivity contribution in [3.05, 3.63) is 29.3 Å². The Bertz CT molecular complexity index is 622. The molecule has 1 saturated heterocycles. The van der Waals surface area contributed by atoms with Gasteiger partial charge in [-0.25, -0.2) is 8.42 Å². The second-order valence-electron chi connectivity index (χ2n) is 5.47. The number of sulfone groups is 1. The van der Waals surface area contributed by atoms with E-state index in [0.717, 1.165) is 12.8 Å². The van der Waals surface area contributed by atoms with Crippen LogP contribution in [-0.2, 0) is 14.6 Å². The van der Waals surface area contributed by atoms with Gasteiger partial charge in [-0.15, -0.1) is 0 Å². The highest BCUT2D eigenvalue weighted by molar-refractivity contribution is 7.92. The maximum atomic E-state index is 12.5. The normalized spacial score (nSPS) is 23.1. The van der Waals surface area contributed by atoms with Crippen molar-refractivity contribution in [2.24, 2.45) is 5.92 Å². The smallest absolute Gasteiger partial charge is 0.225 e. The van der Waals surface area contributed by atoms with Crippen molar-refractivity contribution >= 4 is 27.3 Å². The zero-order valence-corrected chi connectivity index (χ0v) is 12.5. The number of hydrogen-bond acceptors (Lipinski definition) is 3. The quantitative estimate of drug-likeness (QED) is 0.859. The fourth-order valence-electron chi connectivity index (χ4n) is 2.59. The number of hydrogen-bond donors (Lipinski definition) is 0. The van der Waals surface area contributed by atoms with Crippen LogP contribution < -0.4 is 0 Å². The van der Waals surface area contributed by atoms with Crippen LogP contribution in [0.3, 0.4) is 0 Å². The summed E-state index contributed by atoms with van der Waals surface area (Å²) in [5.41, 5.74) is 0. The molecular formula is C14H16ClNO3S. The first-order valence-electron chi connectivity index (χ1n) is 6.77. The van der Waals surface area contributed by atoms with Gasteiger partial charge in [-0.2, -0.15) is 0 Å². The number of amides is 1. The first-order valence-corrected chi connectivity index (χ1v) is 8.69. The van der Waals surface area contributed by atoms with Crippen LogP contribution in [0, 0.1) is 5.92 Å². The number of rotatable bonds is 3. The van der Waals surface area contributed by atoms with Gasteiger partial charge in [0.1, 0.15) is 0 Å². The van der Waals surface area contributed by atoms with Crippen LogP contribution in [0.15, 0.2) is 29.2 Å². The van der Waals surface area contributed by atoms with Gasteiger partial charge < -0.3 is 4.90 Å². The highest BCUT2D eigenvalue weighted by Crippen LogP contribution is 2.33. The summed E-state index contributed by atoms with van der Waals surface area (Å²) in [5.74, 6) is 0.269. The van der Waals surface area contributed by atoms with Gasteiger partial charge >= 0.3 is 0 Å². The molecule has 4 nitrogen and oxygen atoms in total. The van der Waals surface area contributed by atoms with E-state index in [9.17, 15) is 13.2 Å². The van der Waals surface area contributed by atoms with Crippen LogP contribution in [0.4, 0.5) is 0 Å². The summed E-state index contributed by atoms with van der Waals surface area (Å²) in [7, 11) is -3.38. The minimum atomic E-state index is -3.38. The lowest BCUT2D eigenvalue weighted by Crippen LogP contribution is -2.32. The Kier molecular flexibility index (Phi) is 3.50. The van der Waals surface area contributed by atoms with Gasteiger partial charge in [0.2, 0.25) is 5.91 Å². The minimum Gasteiger partial charge on any atom is -0.341 e. The Balaban J connectivity index is 1.75. The molecule has 1 heterocycles. The van der Waals surface area contributed by atoms with Gasteiger partial charge in [-0.05, 0) is 43.5 Å². The monoisotopic (exact) mass is 313 g/mol. The Morgan fingerprint density at radius 1 is 1.15 bits per heavy atom. The molecule has 1 aromatic carbocycles. The van der Waals surface area contributed by atoms with Crippen molar-refractivity contribution in [1.29, 1.82) is 0 Å². The third kappa shape index (κ3) is 2.56. The van der Waals surface area contributed by atoms with E-state index in [0.29, 0.717) is 24.5 Å². The molecule has 0 bridgehead atoms. The summed E-state index contributed by atoms with van der Waals surface area (Å²) in [4.78, 5) is 14.0. The summed E-state index contributed by atoms with van der Waals surface area (Å²) in [6.45, 7) is 0.868. The number of carbonyl (C=O) groups excluding carboxylic acids is 1. The average molecular weight is 314 g/mol. The molecule has 1 aliphatic carbocycles. The molecule has 3 rings (SSSR count). The van der Waals surface area contributed by atoms with Crippen molar-refractivity contribution in [1.82, 2.24) is 4.90 Å². The van der Waals surface area contributed by atoms with Crippen molar-refractivity contribution in [3.8, 4) is 0 Å². The van der Waals surface area contributed by atoms with E-state index in [2.05, 4.69) is 0 Å². The maximum absolute atomic E-state index is 12.5. The molecule has 1 saturated carbocycles. The topological polar surface area (TPSA) is 54.5 Å². The summed E-state index contributed by atoms with van der Waals surface area (Å²) < 4.78 is 25.0. The molecule has 1 aliphatic heterocycles. The highest BCUT2D eigenvalue weighted by Gasteiger charge is 2.40. The van der Waals surface area contributed by atoms with E-state index in [1.807, 2.05) is 0 Å². The van der Waals surface area contributed by atoms with Crippen molar-refractivity contribution in [2.45, 2.75) is 29.4 Å². The first-order chi connectivity index (χ1) is 9.48. The maximum Gasteiger partial charge on any atom is 0.225 e. The van der Waals surface area contributed by atoms with E-state index < -0.39 is 15.1 Å². The van der Waals surface area contributed by atoms with Crippen LogP contribution in [-0.4, -0.2) is 37.6 Å². The van der Waals surface area contributed by atoms with E-state index in [1.165, 1.54) is 12.1 Å². The Hall–Kier alpha value is -1.07. The predicted molar refractivity (Wildman–Crippen MR) is 76.3 cm³/mol. The summed E-state index contributed by atoms with van der Waals surface area (Å²) in [5, 5.41) is 0.0206. The van der Waals surface area contributed by atoms with Crippen molar-refractivity contribution in [2.75, 3.05) is 13.1 Å². The predicted octanol–water partition coefficient (Wildman–Crippen LogP) is 2.12. The summed E-state index contributed by atoms with van der Waals surface area (Å²) >= 11 is 5.78. The lowest BCUT2D eigenvalue weighted by atomic mass is 10.3. The number of carbonyl (C=O) groups is 1. The molecule has 0 aromatic heterocycles. The molecule has 1 unspecified atom stereocenters. The molecule has 0 radical (unpaired) electrons. The molecular weight excluding hydrogens is 298 g/mol. The second-order valence-corrected chi connectivity index (χ2v) is 8.13. The Labute approximate surface area is 123 Å². The first kappa shape index (κ1) is 13.9. The van der Waals surface area contributed by atoms with Crippen LogP contribution in [0.1, 0.15) is 19.3 Å². The summed E-state index contributed by atoms with van der Waals surface area (Å²) in [6.07, 6.45) is 2.41. The van der Waals surface area contributed by atoms with Gasteiger partial charge in [-0.1, -0.05) is 11.6 Å². The van der Waals surface area contributed by atoms with E-state index in [4.69, 9.17) is 11.6 Å². The lowest BCUT2D eigenvalue weighted by molar-refractivity contribution is -0.131. The zero-order chi connectivity index (χ0) is 14.3. The Morgan fingerprint density at radius 2 is 1.80 bits per heavy atom. The van der Waals surface area contributed by atoms with Gasteiger partial charge in [0, 0.05) is 24.0 Å². The van der Waals surface area contributed by atoms with Crippen LogP contribution in [0.25, 0.3) is 0 Å². The minimum absolute atomic E-state index is 0.124. The third-order valence-electron chi connectivity index (χ3n) is 3.96. The summed E-state index contributed by atoms with van der Waals surface area (Å²) in [6, 6.07) is 6.22. The molecule has 0 N–H and O–H groups in total. The lowest BCUT2D eigenvalue weighted by Gasteiger charge is -2.16. The molecule has 20 heavy (non-hydrogen) atoms. The molecule has 1 amide bonds. The van der Waals surface area contributed by atoms with E-state index >= 15 is 0 Å². The number of benzene rings is 1. The molecule has 2 aliphatic rings. The van der Waals surface area contributed by atoms with Gasteiger partial charge in [-0.3, -0.25) is 4.79 Å². The number of halogens is 1. The largest absolute Gasteiger partial charge is 0.341 e. The molecule has 0 spiro atoms. The number of nitrogens with zero attached hydrogens (tertiary/aromatic N) is 1. The van der Waals surface area contributed by atoms with Crippen LogP contribution in [0.5, 0.6) is 0 Å². The third-order valence-corrected chi connectivity index (χ3v) is 6.41. The molecule has 1 atom stereocenters. The Morgan fingerprint density at radius 3 is 2.40 bits per heavy atom. The fraction of sp³-hybridized carbons (Fsp3) is 0.500. The SMILES string of the molecule is O=C(C1CC1)N1CCC(S(=O)(=O)c2ccc(Cl)cc2)C1. The van der Waals surface area contributed by atoms with Crippen LogP contribution >= 0.6 is 11.6 Å². The van der Waals surface area contributed by atoms with Crippen molar-refractivity contribution < 1.29 is 13.2 Å². The van der Waals surface area contributed by atoms with Crippen molar-refractivity contribution in [3.63, 3.8) is 0 Å². The standard InChI is InChI=1S/C14H16ClNO3S/c15-11-3-5-12(6-4-11)20(18,19)13-7-8-16(9-13)14(17)10-1-2-10/h3-6,10,13H,1-2,7-9H2. The highest BCUT2D eigenvalue weighted by atomic mass is 35.5. The van der Waals surface area contributed by atoms with E-state index in [-0.39, 0.29) is 16.7 Å². The van der Waals surface area contributed by atoms with E-state index in [1.54, 1.807) is 17.0 Å². The van der Waals surface area contributed by atoms with Gasteiger partial charge in [0.05, 0.1) is 10.1 Å². The fourth-order valence-corrected chi connectivity index (χ4v) is 4.41. The molecule has 6 heteroatoms. The zero-order valence-electron chi connectivity index (χ0n) is 11.0. The van der Waals surface area contributed by atoms with Gasteiger partial charge in [0.25, 0.3) is 0 Å². The molecule has 1 aromatic rings. The average Bonchev–Trinajstić information content (AvgIpc) is 3.14.